The summed E-state index contributed by atoms with van der Waals surface area (Å²) in [5, 5.41) is 23.0. The second-order valence-electron chi connectivity index (χ2n) is 5.66. The molecule has 1 aliphatic carbocycles. The number of carboxylic acids is 1. The zero-order valence-corrected chi connectivity index (χ0v) is 11.5. The van der Waals surface area contributed by atoms with Crippen LogP contribution in [-0.4, -0.2) is 22.5 Å². The smallest absolute Gasteiger partial charge is 0.342 e. The fraction of sp³-hybridized carbons (Fsp3) is 0.500. The van der Waals surface area contributed by atoms with Crippen LogP contribution >= 0.6 is 0 Å². The summed E-state index contributed by atoms with van der Waals surface area (Å²) in [6, 6.07) is 4.14. The molecule has 0 aromatic heterocycles. The van der Waals surface area contributed by atoms with E-state index in [-0.39, 0.29) is 16.7 Å². The summed E-state index contributed by atoms with van der Waals surface area (Å²) >= 11 is 0. The highest BCUT2D eigenvalue weighted by Crippen LogP contribution is 2.51. The van der Waals surface area contributed by atoms with E-state index in [0.717, 1.165) is 19.4 Å². The van der Waals surface area contributed by atoms with Gasteiger partial charge in [0.15, 0.2) is 0 Å². The molecule has 1 aromatic rings. The van der Waals surface area contributed by atoms with Gasteiger partial charge in [0.1, 0.15) is 5.56 Å². The lowest BCUT2D eigenvalue weighted by atomic mass is 9.92. The summed E-state index contributed by atoms with van der Waals surface area (Å²) in [5.41, 5.74) is 0.205. The molecule has 108 valence electrons. The molecule has 0 spiro atoms. The summed E-state index contributed by atoms with van der Waals surface area (Å²) in [6.07, 6.45) is 2.32. The van der Waals surface area contributed by atoms with Gasteiger partial charge in [0.25, 0.3) is 5.69 Å². The molecule has 0 aliphatic heterocycles. The third-order valence-electron chi connectivity index (χ3n) is 4.19. The van der Waals surface area contributed by atoms with Crippen LogP contribution in [0.4, 0.5) is 11.4 Å². The van der Waals surface area contributed by atoms with E-state index >= 15 is 0 Å². The molecule has 2 N–H and O–H groups in total. The predicted molar refractivity (Wildman–Crippen MR) is 75.1 cm³/mol. The Labute approximate surface area is 117 Å². The second-order valence-corrected chi connectivity index (χ2v) is 5.66. The monoisotopic (exact) mass is 278 g/mol. The number of hydrogen-bond donors (Lipinski definition) is 2. The largest absolute Gasteiger partial charge is 0.477 e. The Hall–Kier alpha value is -2.11. The van der Waals surface area contributed by atoms with Crippen molar-refractivity contribution in [2.45, 2.75) is 26.7 Å². The van der Waals surface area contributed by atoms with Gasteiger partial charge < -0.3 is 10.4 Å². The lowest BCUT2D eigenvalue weighted by molar-refractivity contribution is -0.385. The van der Waals surface area contributed by atoms with Crippen molar-refractivity contribution in [1.29, 1.82) is 0 Å². The molecule has 0 heterocycles. The van der Waals surface area contributed by atoms with Crippen molar-refractivity contribution in [1.82, 2.24) is 0 Å². The highest BCUT2D eigenvalue weighted by Gasteiger charge is 2.44. The van der Waals surface area contributed by atoms with Crippen LogP contribution in [0.3, 0.4) is 0 Å². The van der Waals surface area contributed by atoms with Gasteiger partial charge in [-0.25, -0.2) is 4.79 Å². The molecule has 0 saturated heterocycles. The first kappa shape index (κ1) is 14.3. The Bertz CT molecular complexity index is 550. The van der Waals surface area contributed by atoms with Crippen molar-refractivity contribution in [3.8, 4) is 0 Å². The number of nitrogens with zero attached hydrogens (tertiary/aromatic N) is 1. The lowest BCUT2D eigenvalue weighted by Crippen LogP contribution is -2.21. The van der Waals surface area contributed by atoms with E-state index in [4.69, 9.17) is 5.11 Å². The van der Waals surface area contributed by atoms with E-state index in [0.29, 0.717) is 11.6 Å². The average molecular weight is 278 g/mol. The van der Waals surface area contributed by atoms with Crippen LogP contribution in [0.15, 0.2) is 18.2 Å². The maximum Gasteiger partial charge on any atom is 0.342 e. The number of carboxylic acid groups (broad SMARTS) is 1. The molecular formula is C14H18N2O4. The number of nitrogens with one attached hydrogen (secondary N) is 1. The van der Waals surface area contributed by atoms with Crippen LogP contribution in [0.1, 0.15) is 37.0 Å². The fourth-order valence-electron chi connectivity index (χ4n) is 2.37. The molecule has 1 aromatic carbocycles. The molecule has 1 fully saturated rings. The van der Waals surface area contributed by atoms with Gasteiger partial charge in [0.2, 0.25) is 0 Å². The summed E-state index contributed by atoms with van der Waals surface area (Å²) in [6.45, 7) is 5.10. The molecule has 0 bridgehead atoms. The van der Waals surface area contributed by atoms with Crippen LogP contribution in [0.5, 0.6) is 0 Å². The van der Waals surface area contributed by atoms with E-state index < -0.39 is 10.9 Å². The third kappa shape index (κ3) is 2.74. The molecule has 0 amide bonds. The number of rotatable bonds is 6. The first-order valence-electron chi connectivity index (χ1n) is 6.61. The van der Waals surface area contributed by atoms with Crippen LogP contribution in [0.2, 0.25) is 0 Å². The van der Waals surface area contributed by atoms with E-state index in [1.807, 2.05) is 0 Å². The minimum atomic E-state index is -1.29. The van der Waals surface area contributed by atoms with Crippen LogP contribution < -0.4 is 5.32 Å². The minimum Gasteiger partial charge on any atom is -0.477 e. The highest BCUT2D eigenvalue weighted by molar-refractivity contribution is 5.93. The normalized spacial score (nSPS) is 15.9. The van der Waals surface area contributed by atoms with Crippen molar-refractivity contribution in [3.05, 3.63) is 33.9 Å². The molecular weight excluding hydrogens is 260 g/mol. The summed E-state index contributed by atoms with van der Waals surface area (Å²) < 4.78 is 0. The Kier molecular flexibility index (Phi) is 3.65. The van der Waals surface area contributed by atoms with Gasteiger partial charge in [-0.15, -0.1) is 0 Å². The zero-order valence-electron chi connectivity index (χ0n) is 11.5. The topological polar surface area (TPSA) is 92.5 Å². The molecule has 20 heavy (non-hydrogen) atoms. The Balaban J connectivity index is 2.16. The zero-order chi connectivity index (χ0) is 14.9. The Morgan fingerprint density at radius 1 is 1.50 bits per heavy atom. The quantitative estimate of drug-likeness (QED) is 0.616. The van der Waals surface area contributed by atoms with Crippen LogP contribution in [0, 0.1) is 21.4 Å². The van der Waals surface area contributed by atoms with Gasteiger partial charge in [0.05, 0.1) is 4.92 Å². The third-order valence-corrected chi connectivity index (χ3v) is 4.19. The molecule has 1 saturated carbocycles. The highest BCUT2D eigenvalue weighted by atomic mass is 16.6. The van der Waals surface area contributed by atoms with Crippen molar-refractivity contribution < 1.29 is 14.8 Å². The molecule has 2 rings (SSSR count). The molecule has 0 unspecified atom stereocenters. The van der Waals surface area contributed by atoms with Gasteiger partial charge in [-0.2, -0.15) is 0 Å². The maximum atomic E-state index is 10.9. The van der Waals surface area contributed by atoms with Crippen LogP contribution in [-0.2, 0) is 0 Å². The number of nitro groups is 1. The number of aromatic carboxylic acids is 1. The summed E-state index contributed by atoms with van der Waals surface area (Å²) in [4.78, 5) is 21.2. The minimum absolute atomic E-state index is 0.278. The van der Waals surface area contributed by atoms with Gasteiger partial charge in [-0.05, 0) is 36.3 Å². The van der Waals surface area contributed by atoms with Crippen molar-refractivity contribution >= 4 is 17.3 Å². The maximum absolute atomic E-state index is 10.9. The summed E-state index contributed by atoms with van der Waals surface area (Å²) in [5.74, 6) is -0.729. The van der Waals surface area contributed by atoms with Gasteiger partial charge in [-0.1, -0.05) is 13.8 Å². The number of benzene rings is 1. The van der Waals surface area contributed by atoms with Gasteiger partial charge in [-0.3, -0.25) is 10.1 Å². The lowest BCUT2D eigenvalue weighted by Gasteiger charge is -2.20. The number of carbonyl (C=O) groups is 1. The van der Waals surface area contributed by atoms with Crippen molar-refractivity contribution in [3.63, 3.8) is 0 Å². The Morgan fingerprint density at radius 2 is 2.15 bits per heavy atom. The van der Waals surface area contributed by atoms with Crippen LogP contribution in [0.25, 0.3) is 0 Å². The SMILES string of the molecule is CC(C)C1(CNc2ccc(C(=O)O)c([N+](=O)[O-])c2)CC1. The van der Waals surface area contributed by atoms with E-state index in [1.165, 1.54) is 12.1 Å². The van der Waals surface area contributed by atoms with E-state index in [1.54, 1.807) is 6.07 Å². The van der Waals surface area contributed by atoms with Crippen molar-refractivity contribution in [2.75, 3.05) is 11.9 Å². The fourth-order valence-corrected chi connectivity index (χ4v) is 2.37. The first-order valence-corrected chi connectivity index (χ1v) is 6.61. The second kappa shape index (κ2) is 5.11. The molecule has 0 radical (unpaired) electrons. The van der Waals surface area contributed by atoms with E-state index in [9.17, 15) is 14.9 Å². The standard InChI is InChI=1S/C14H18N2O4/c1-9(2)14(5-6-14)8-15-10-3-4-11(13(17)18)12(7-10)16(19)20/h3-4,7,9,15H,5-6,8H2,1-2H3,(H,17,18). The number of nitro benzene ring substituents is 1. The Morgan fingerprint density at radius 3 is 2.60 bits per heavy atom. The molecule has 0 atom stereocenters. The first-order chi connectivity index (χ1) is 9.35. The molecule has 1 aliphatic rings. The van der Waals surface area contributed by atoms with Gasteiger partial charge >= 0.3 is 5.97 Å². The molecule has 6 nitrogen and oxygen atoms in total. The van der Waals surface area contributed by atoms with Gasteiger partial charge in [0, 0.05) is 18.3 Å². The average Bonchev–Trinajstić information content (AvgIpc) is 3.17. The summed E-state index contributed by atoms with van der Waals surface area (Å²) in [7, 11) is 0. The van der Waals surface area contributed by atoms with Crippen molar-refractivity contribution in [2.24, 2.45) is 11.3 Å². The number of hydrogen-bond acceptors (Lipinski definition) is 4. The molecule has 6 heteroatoms. The number of anilines is 1. The predicted octanol–water partition coefficient (Wildman–Crippen LogP) is 3.14. The van der Waals surface area contributed by atoms with E-state index in [2.05, 4.69) is 19.2 Å².